The van der Waals surface area contributed by atoms with Gasteiger partial charge >= 0.3 is 0 Å². The SMILES string of the molecule is CC(C)CN1CCN(c2nc(Cl)c(CO)s2)CC1. The second-order valence-corrected chi connectivity index (χ2v) is 6.47. The van der Waals surface area contributed by atoms with Gasteiger partial charge in [0.2, 0.25) is 0 Å². The minimum Gasteiger partial charge on any atom is -0.391 e. The molecule has 18 heavy (non-hydrogen) atoms. The van der Waals surface area contributed by atoms with Crippen molar-refractivity contribution in [1.29, 1.82) is 0 Å². The second kappa shape index (κ2) is 6.19. The average Bonchev–Trinajstić information content (AvgIpc) is 2.71. The third-order valence-electron chi connectivity index (χ3n) is 3.05. The van der Waals surface area contributed by atoms with Crippen molar-refractivity contribution in [3.05, 3.63) is 10.0 Å². The lowest BCUT2D eigenvalue weighted by atomic mass is 10.2. The number of rotatable bonds is 4. The highest BCUT2D eigenvalue weighted by molar-refractivity contribution is 7.16. The van der Waals surface area contributed by atoms with E-state index in [1.54, 1.807) is 0 Å². The molecule has 1 aliphatic heterocycles. The van der Waals surface area contributed by atoms with Gasteiger partial charge in [0.15, 0.2) is 5.13 Å². The van der Waals surface area contributed by atoms with Crippen LogP contribution in [-0.2, 0) is 6.61 Å². The molecule has 2 heterocycles. The summed E-state index contributed by atoms with van der Waals surface area (Å²) in [5, 5.41) is 10.5. The number of aliphatic hydroxyl groups is 1. The maximum atomic E-state index is 9.13. The molecule has 0 aliphatic carbocycles. The van der Waals surface area contributed by atoms with Crippen LogP contribution in [-0.4, -0.2) is 47.7 Å². The highest BCUT2D eigenvalue weighted by atomic mass is 35.5. The van der Waals surface area contributed by atoms with Gasteiger partial charge in [0, 0.05) is 32.7 Å². The van der Waals surface area contributed by atoms with E-state index in [4.69, 9.17) is 16.7 Å². The van der Waals surface area contributed by atoms with Gasteiger partial charge in [-0.05, 0) is 5.92 Å². The normalized spacial score (nSPS) is 17.7. The Morgan fingerprint density at radius 3 is 2.50 bits per heavy atom. The fraction of sp³-hybridized carbons (Fsp3) is 0.750. The van der Waals surface area contributed by atoms with Crippen LogP contribution in [0.4, 0.5) is 5.13 Å². The largest absolute Gasteiger partial charge is 0.391 e. The number of anilines is 1. The van der Waals surface area contributed by atoms with Crippen LogP contribution in [0.2, 0.25) is 5.15 Å². The number of aliphatic hydroxyl groups excluding tert-OH is 1. The zero-order valence-corrected chi connectivity index (χ0v) is 12.5. The fourth-order valence-electron chi connectivity index (χ4n) is 2.19. The molecule has 1 aromatic rings. The van der Waals surface area contributed by atoms with E-state index in [1.807, 2.05) is 0 Å². The Balaban J connectivity index is 1.92. The van der Waals surface area contributed by atoms with Gasteiger partial charge in [-0.1, -0.05) is 36.8 Å². The smallest absolute Gasteiger partial charge is 0.187 e. The predicted octanol–water partition coefficient (Wildman–Crippen LogP) is 2.07. The quantitative estimate of drug-likeness (QED) is 0.921. The lowest BCUT2D eigenvalue weighted by molar-refractivity contribution is 0.231. The highest BCUT2D eigenvalue weighted by Gasteiger charge is 2.21. The predicted molar refractivity (Wildman–Crippen MR) is 76.5 cm³/mol. The summed E-state index contributed by atoms with van der Waals surface area (Å²) in [6, 6.07) is 0. The molecule has 0 unspecified atom stereocenters. The van der Waals surface area contributed by atoms with E-state index in [2.05, 4.69) is 28.6 Å². The molecule has 0 aromatic carbocycles. The molecule has 1 N–H and O–H groups in total. The Kier molecular flexibility index (Phi) is 4.84. The minimum atomic E-state index is -0.0240. The molecular weight excluding hydrogens is 270 g/mol. The molecule has 1 fully saturated rings. The zero-order valence-electron chi connectivity index (χ0n) is 10.9. The van der Waals surface area contributed by atoms with Crippen molar-refractivity contribution in [2.45, 2.75) is 20.5 Å². The average molecular weight is 290 g/mol. The van der Waals surface area contributed by atoms with E-state index in [0.29, 0.717) is 11.1 Å². The molecule has 0 atom stereocenters. The first-order chi connectivity index (χ1) is 8.60. The summed E-state index contributed by atoms with van der Waals surface area (Å²) in [7, 11) is 0. The number of halogens is 1. The summed E-state index contributed by atoms with van der Waals surface area (Å²) in [4.78, 5) is 9.83. The van der Waals surface area contributed by atoms with Crippen molar-refractivity contribution in [2.75, 3.05) is 37.6 Å². The van der Waals surface area contributed by atoms with Gasteiger partial charge in [-0.25, -0.2) is 4.98 Å². The van der Waals surface area contributed by atoms with E-state index in [1.165, 1.54) is 11.3 Å². The summed E-state index contributed by atoms with van der Waals surface area (Å²) in [6.45, 7) is 9.76. The number of piperazine rings is 1. The van der Waals surface area contributed by atoms with Crippen molar-refractivity contribution >= 4 is 28.1 Å². The van der Waals surface area contributed by atoms with Gasteiger partial charge in [-0.3, -0.25) is 4.90 Å². The maximum Gasteiger partial charge on any atom is 0.187 e. The van der Waals surface area contributed by atoms with Gasteiger partial charge in [-0.15, -0.1) is 0 Å². The molecule has 102 valence electrons. The van der Waals surface area contributed by atoms with Crippen LogP contribution in [0.5, 0.6) is 0 Å². The first kappa shape index (κ1) is 14.1. The number of aromatic nitrogens is 1. The summed E-state index contributed by atoms with van der Waals surface area (Å²) < 4.78 is 0. The van der Waals surface area contributed by atoms with Gasteiger partial charge in [0.05, 0.1) is 11.5 Å². The Hall–Kier alpha value is -0.360. The molecule has 1 aliphatic rings. The van der Waals surface area contributed by atoms with Crippen LogP contribution in [0.1, 0.15) is 18.7 Å². The lowest BCUT2D eigenvalue weighted by Crippen LogP contribution is -2.47. The van der Waals surface area contributed by atoms with Crippen molar-refractivity contribution < 1.29 is 5.11 Å². The number of thiazole rings is 1. The summed E-state index contributed by atoms with van der Waals surface area (Å²) in [5.74, 6) is 0.715. The van der Waals surface area contributed by atoms with E-state index < -0.39 is 0 Å². The number of hydrogen-bond donors (Lipinski definition) is 1. The van der Waals surface area contributed by atoms with Crippen LogP contribution in [0, 0.1) is 5.92 Å². The van der Waals surface area contributed by atoms with Gasteiger partial charge < -0.3 is 10.0 Å². The van der Waals surface area contributed by atoms with Gasteiger partial charge in [0.25, 0.3) is 0 Å². The van der Waals surface area contributed by atoms with E-state index in [9.17, 15) is 0 Å². The van der Waals surface area contributed by atoms with E-state index in [0.717, 1.165) is 42.7 Å². The third kappa shape index (κ3) is 3.35. The Morgan fingerprint density at radius 1 is 1.33 bits per heavy atom. The molecule has 6 heteroatoms. The monoisotopic (exact) mass is 289 g/mol. The minimum absolute atomic E-state index is 0.0240. The molecule has 0 amide bonds. The fourth-order valence-corrected chi connectivity index (χ4v) is 3.36. The van der Waals surface area contributed by atoms with Gasteiger partial charge in [-0.2, -0.15) is 0 Å². The molecule has 1 saturated heterocycles. The van der Waals surface area contributed by atoms with Crippen LogP contribution in [0.15, 0.2) is 0 Å². The van der Waals surface area contributed by atoms with Crippen LogP contribution >= 0.6 is 22.9 Å². The maximum absolute atomic E-state index is 9.13. The molecule has 2 rings (SSSR count). The van der Waals surface area contributed by atoms with Crippen LogP contribution in [0.25, 0.3) is 0 Å². The van der Waals surface area contributed by atoms with Crippen LogP contribution in [0.3, 0.4) is 0 Å². The standard InChI is InChI=1S/C12H20ClN3OS/c1-9(2)7-15-3-5-16(6-4-15)12-14-11(13)10(8-17)18-12/h9,17H,3-8H2,1-2H3. The summed E-state index contributed by atoms with van der Waals surface area (Å²) >= 11 is 7.46. The molecular formula is C12H20ClN3OS. The van der Waals surface area contributed by atoms with Gasteiger partial charge in [0.1, 0.15) is 5.15 Å². The topological polar surface area (TPSA) is 39.6 Å². The number of hydrogen-bond acceptors (Lipinski definition) is 5. The number of nitrogens with zero attached hydrogens (tertiary/aromatic N) is 3. The molecule has 0 saturated carbocycles. The summed E-state index contributed by atoms with van der Waals surface area (Å²) in [5.41, 5.74) is 0. The first-order valence-corrected chi connectivity index (χ1v) is 7.53. The summed E-state index contributed by atoms with van der Waals surface area (Å²) in [6.07, 6.45) is 0. The zero-order chi connectivity index (χ0) is 13.1. The molecule has 4 nitrogen and oxygen atoms in total. The highest BCUT2D eigenvalue weighted by Crippen LogP contribution is 2.30. The third-order valence-corrected chi connectivity index (χ3v) is 4.57. The Labute approximate surface area is 117 Å². The van der Waals surface area contributed by atoms with E-state index in [-0.39, 0.29) is 6.61 Å². The molecule has 0 bridgehead atoms. The first-order valence-electron chi connectivity index (χ1n) is 6.33. The molecule has 0 radical (unpaired) electrons. The lowest BCUT2D eigenvalue weighted by Gasteiger charge is -2.35. The van der Waals surface area contributed by atoms with Crippen molar-refractivity contribution in [1.82, 2.24) is 9.88 Å². The Bertz CT molecular complexity index is 389. The van der Waals surface area contributed by atoms with E-state index >= 15 is 0 Å². The van der Waals surface area contributed by atoms with Crippen molar-refractivity contribution in [2.24, 2.45) is 5.92 Å². The van der Waals surface area contributed by atoms with Crippen molar-refractivity contribution in [3.63, 3.8) is 0 Å². The second-order valence-electron chi connectivity index (χ2n) is 5.05. The van der Waals surface area contributed by atoms with Crippen LogP contribution < -0.4 is 4.90 Å². The van der Waals surface area contributed by atoms with Crippen molar-refractivity contribution in [3.8, 4) is 0 Å². The molecule has 1 aromatic heterocycles. The molecule has 0 spiro atoms. The Morgan fingerprint density at radius 2 is 2.00 bits per heavy atom.